The summed E-state index contributed by atoms with van der Waals surface area (Å²) in [4.78, 5) is 22.1. The van der Waals surface area contributed by atoms with Gasteiger partial charge in [-0.15, -0.1) is 0 Å². The van der Waals surface area contributed by atoms with Crippen molar-refractivity contribution >= 4 is 33.6 Å². The number of hydrogen-bond donors (Lipinski definition) is 4. The summed E-state index contributed by atoms with van der Waals surface area (Å²) in [5, 5.41) is 22.0. The van der Waals surface area contributed by atoms with Crippen molar-refractivity contribution in [1.29, 1.82) is 0 Å². The van der Waals surface area contributed by atoms with Gasteiger partial charge in [0.15, 0.2) is 6.04 Å². The summed E-state index contributed by atoms with van der Waals surface area (Å²) in [7, 11) is 0. The number of aliphatic hydroxyl groups excluding tert-OH is 1. The lowest BCUT2D eigenvalue weighted by Crippen LogP contribution is -2.45. The molecule has 0 aliphatic carbocycles. The third-order valence-corrected chi connectivity index (χ3v) is 3.07. The highest BCUT2D eigenvalue weighted by atomic mass is 79.9. The van der Waals surface area contributed by atoms with Gasteiger partial charge in [0.25, 0.3) is 0 Å². The van der Waals surface area contributed by atoms with Crippen LogP contribution in [0.3, 0.4) is 0 Å². The van der Waals surface area contributed by atoms with Crippen molar-refractivity contribution in [3.8, 4) is 0 Å². The molecule has 4 N–H and O–H groups in total. The molecule has 1 atom stereocenters. The van der Waals surface area contributed by atoms with Crippen molar-refractivity contribution in [3.05, 3.63) is 28.2 Å². The first-order chi connectivity index (χ1) is 8.43. The molecule has 1 aromatic carbocycles. The molecule has 1 rings (SSSR count). The number of urea groups is 1. The molecule has 0 fully saturated rings. The van der Waals surface area contributed by atoms with Crippen LogP contribution in [0.1, 0.15) is 5.56 Å². The highest BCUT2D eigenvalue weighted by Crippen LogP contribution is 2.20. The van der Waals surface area contributed by atoms with Crippen LogP contribution in [-0.4, -0.2) is 34.9 Å². The number of aliphatic carboxylic acids is 1. The number of carbonyl (C=O) groups is 2. The summed E-state index contributed by atoms with van der Waals surface area (Å²) in [5.41, 5.74) is 1.53. The second-order valence-corrected chi connectivity index (χ2v) is 4.49. The summed E-state index contributed by atoms with van der Waals surface area (Å²) in [6.45, 7) is 1.24. The Morgan fingerprint density at radius 1 is 1.44 bits per heavy atom. The second-order valence-electron chi connectivity index (χ2n) is 3.64. The maximum Gasteiger partial charge on any atom is 0.328 e. The first kappa shape index (κ1) is 14.5. The SMILES string of the molecule is Cc1ccc(NC(=O)NC(CO)C(=O)O)cc1Br. The zero-order chi connectivity index (χ0) is 13.7. The summed E-state index contributed by atoms with van der Waals surface area (Å²) < 4.78 is 0.831. The Bertz CT molecular complexity index is 464. The Morgan fingerprint density at radius 2 is 2.11 bits per heavy atom. The van der Waals surface area contributed by atoms with Crippen molar-refractivity contribution in [1.82, 2.24) is 5.32 Å². The van der Waals surface area contributed by atoms with Gasteiger partial charge in [0.1, 0.15) is 0 Å². The topological polar surface area (TPSA) is 98.7 Å². The fourth-order valence-corrected chi connectivity index (χ4v) is 1.56. The van der Waals surface area contributed by atoms with Crippen LogP contribution in [0, 0.1) is 6.92 Å². The first-order valence-electron chi connectivity index (χ1n) is 5.11. The minimum Gasteiger partial charge on any atom is -0.480 e. The number of anilines is 1. The van der Waals surface area contributed by atoms with Crippen LogP contribution < -0.4 is 10.6 Å². The third kappa shape index (κ3) is 4.01. The Labute approximate surface area is 112 Å². The number of halogens is 1. The summed E-state index contributed by atoms with van der Waals surface area (Å²) in [6.07, 6.45) is 0. The summed E-state index contributed by atoms with van der Waals surface area (Å²) >= 11 is 3.32. The van der Waals surface area contributed by atoms with Crippen molar-refractivity contribution in [2.75, 3.05) is 11.9 Å². The van der Waals surface area contributed by atoms with Gasteiger partial charge >= 0.3 is 12.0 Å². The van der Waals surface area contributed by atoms with E-state index in [1.165, 1.54) is 0 Å². The van der Waals surface area contributed by atoms with Gasteiger partial charge in [-0.2, -0.15) is 0 Å². The van der Waals surface area contributed by atoms with Crippen molar-refractivity contribution in [2.45, 2.75) is 13.0 Å². The van der Waals surface area contributed by atoms with Gasteiger partial charge in [-0.25, -0.2) is 9.59 Å². The number of benzene rings is 1. The molecule has 1 unspecified atom stereocenters. The van der Waals surface area contributed by atoms with E-state index >= 15 is 0 Å². The number of carboxylic acid groups (broad SMARTS) is 1. The molecule has 0 saturated carbocycles. The van der Waals surface area contributed by atoms with E-state index in [1.54, 1.807) is 18.2 Å². The standard InChI is InChI=1S/C11H13BrN2O4/c1-6-2-3-7(4-8(6)12)13-11(18)14-9(5-15)10(16)17/h2-4,9,15H,5H2,1H3,(H,16,17)(H2,13,14,18). The van der Waals surface area contributed by atoms with Gasteiger partial charge in [0, 0.05) is 10.2 Å². The molecule has 7 heteroatoms. The molecule has 98 valence electrons. The number of nitrogens with one attached hydrogen (secondary N) is 2. The molecule has 0 aliphatic heterocycles. The van der Waals surface area contributed by atoms with Gasteiger partial charge in [-0.1, -0.05) is 22.0 Å². The van der Waals surface area contributed by atoms with E-state index in [1.807, 2.05) is 6.92 Å². The molecule has 0 radical (unpaired) electrons. The van der Waals surface area contributed by atoms with Crippen LogP contribution in [0.2, 0.25) is 0 Å². The van der Waals surface area contributed by atoms with Crippen molar-refractivity contribution in [2.24, 2.45) is 0 Å². The largest absolute Gasteiger partial charge is 0.480 e. The Morgan fingerprint density at radius 3 is 2.61 bits per heavy atom. The number of aryl methyl sites for hydroxylation is 1. The Balaban J connectivity index is 2.64. The Kier molecular flexibility index (Phi) is 5.11. The molecular weight excluding hydrogens is 304 g/mol. The zero-order valence-electron chi connectivity index (χ0n) is 9.61. The molecular formula is C11H13BrN2O4. The van der Waals surface area contributed by atoms with E-state index in [9.17, 15) is 9.59 Å². The zero-order valence-corrected chi connectivity index (χ0v) is 11.2. The summed E-state index contributed by atoms with van der Waals surface area (Å²) in [5.74, 6) is -1.29. The molecule has 0 saturated heterocycles. The lowest BCUT2D eigenvalue weighted by atomic mass is 10.2. The molecule has 0 bridgehead atoms. The molecule has 2 amide bonds. The number of hydrogen-bond acceptors (Lipinski definition) is 3. The predicted molar refractivity (Wildman–Crippen MR) is 69.5 cm³/mol. The maximum atomic E-state index is 11.5. The van der Waals surface area contributed by atoms with Crippen molar-refractivity contribution in [3.63, 3.8) is 0 Å². The normalized spacial score (nSPS) is 11.7. The van der Waals surface area contributed by atoms with E-state index in [0.717, 1.165) is 10.0 Å². The smallest absolute Gasteiger partial charge is 0.328 e. The molecule has 6 nitrogen and oxygen atoms in total. The fourth-order valence-electron chi connectivity index (χ4n) is 1.18. The van der Waals surface area contributed by atoms with Crippen LogP contribution in [0.25, 0.3) is 0 Å². The average molecular weight is 317 g/mol. The molecule has 18 heavy (non-hydrogen) atoms. The van der Waals surface area contributed by atoms with E-state index in [-0.39, 0.29) is 0 Å². The fraction of sp³-hybridized carbons (Fsp3) is 0.273. The van der Waals surface area contributed by atoms with E-state index in [4.69, 9.17) is 10.2 Å². The highest BCUT2D eigenvalue weighted by Gasteiger charge is 2.18. The minimum absolute atomic E-state index is 0.520. The van der Waals surface area contributed by atoms with Crippen LogP contribution in [0.5, 0.6) is 0 Å². The van der Waals surface area contributed by atoms with E-state index < -0.39 is 24.6 Å². The lowest BCUT2D eigenvalue weighted by molar-refractivity contribution is -0.140. The molecule has 0 heterocycles. The number of carbonyl (C=O) groups excluding carboxylic acids is 1. The first-order valence-corrected chi connectivity index (χ1v) is 5.90. The van der Waals surface area contributed by atoms with E-state index in [2.05, 4.69) is 26.6 Å². The maximum absolute atomic E-state index is 11.5. The molecule has 1 aromatic rings. The van der Waals surface area contributed by atoms with Crippen LogP contribution in [0.15, 0.2) is 22.7 Å². The van der Waals surface area contributed by atoms with Crippen LogP contribution in [0.4, 0.5) is 10.5 Å². The quantitative estimate of drug-likeness (QED) is 0.673. The lowest BCUT2D eigenvalue weighted by Gasteiger charge is -2.13. The van der Waals surface area contributed by atoms with Crippen molar-refractivity contribution < 1.29 is 19.8 Å². The number of rotatable bonds is 4. The van der Waals surface area contributed by atoms with Gasteiger partial charge < -0.3 is 20.8 Å². The van der Waals surface area contributed by atoms with Gasteiger partial charge in [0.2, 0.25) is 0 Å². The van der Waals surface area contributed by atoms with Crippen LogP contribution in [-0.2, 0) is 4.79 Å². The van der Waals surface area contributed by atoms with Crippen LogP contribution >= 0.6 is 15.9 Å². The number of aliphatic hydroxyl groups is 1. The molecule has 0 aliphatic rings. The molecule has 0 spiro atoms. The second kappa shape index (κ2) is 6.36. The Hall–Kier alpha value is -1.60. The monoisotopic (exact) mass is 316 g/mol. The van der Waals surface area contributed by atoms with Gasteiger partial charge in [-0.3, -0.25) is 0 Å². The van der Waals surface area contributed by atoms with Gasteiger partial charge in [0.05, 0.1) is 6.61 Å². The third-order valence-electron chi connectivity index (χ3n) is 2.22. The molecule has 0 aromatic heterocycles. The van der Waals surface area contributed by atoms with E-state index in [0.29, 0.717) is 5.69 Å². The predicted octanol–water partition coefficient (Wildman–Crippen LogP) is 1.32. The number of amides is 2. The van der Waals surface area contributed by atoms with Gasteiger partial charge in [-0.05, 0) is 24.6 Å². The number of carboxylic acids is 1. The minimum atomic E-state index is -1.32. The summed E-state index contributed by atoms with van der Waals surface area (Å²) in [6, 6.07) is 3.18. The average Bonchev–Trinajstić information content (AvgIpc) is 2.30. The highest BCUT2D eigenvalue weighted by molar-refractivity contribution is 9.10.